The maximum absolute atomic E-state index is 12.6. The van der Waals surface area contributed by atoms with Gasteiger partial charge >= 0.3 is 0 Å². The minimum absolute atomic E-state index is 0.100. The molecule has 1 heterocycles. The Hall–Kier alpha value is -2.32. The fraction of sp³-hybridized carbons (Fsp3) is 0.353. The van der Waals surface area contributed by atoms with Crippen LogP contribution in [0.25, 0.3) is 0 Å². The van der Waals surface area contributed by atoms with Crippen LogP contribution in [0.5, 0.6) is 5.75 Å². The average molecular weight is 364 g/mol. The zero-order chi connectivity index (χ0) is 18.4. The third-order valence-electron chi connectivity index (χ3n) is 3.49. The van der Waals surface area contributed by atoms with E-state index in [4.69, 9.17) is 4.74 Å². The van der Waals surface area contributed by atoms with Crippen LogP contribution < -0.4 is 14.8 Å². The second-order valence-electron chi connectivity index (χ2n) is 5.92. The van der Waals surface area contributed by atoms with Crippen LogP contribution in [0.3, 0.4) is 0 Å². The predicted molar refractivity (Wildman–Crippen MR) is 99.8 cm³/mol. The smallest absolute Gasteiger partial charge is 0.265 e. The van der Waals surface area contributed by atoms with Crippen LogP contribution in [0.2, 0.25) is 0 Å². The molecular weight excluding hydrogens is 340 g/mol. The summed E-state index contributed by atoms with van der Waals surface area (Å²) in [6, 6.07) is 8.42. The van der Waals surface area contributed by atoms with E-state index in [0.717, 1.165) is 18.7 Å². The molecule has 0 aliphatic carbocycles. The number of nitrogens with one attached hydrogen (secondary N) is 2. The molecule has 25 heavy (non-hydrogen) atoms. The van der Waals surface area contributed by atoms with Gasteiger partial charge in [-0.2, -0.15) is 0 Å². The van der Waals surface area contributed by atoms with Gasteiger partial charge in [-0.05, 0) is 50.8 Å². The Morgan fingerprint density at radius 2 is 1.96 bits per heavy atom. The number of hydrogen-bond acceptors (Lipinski definition) is 6. The maximum atomic E-state index is 12.6. The fourth-order valence-corrected chi connectivity index (χ4v) is 3.47. The Balaban J connectivity index is 2.12. The third kappa shape index (κ3) is 5.33. The Kier molecular flexibility index (Phi) is 6.22. The molecule has 1 aromatic heterocycles. The Morgan fingerprint density at radius 3 is 2.56 bits per heavy atom. The van der Waals surface area contributed by atoms with E-state index in [1.165, 1.54) is 13.3 Å². The molecule has 0 saturated heterocycles. The highest BCUT2D eigenvalue weighted by Gasteiger charge is 2.20. The number of nitrogens with zero attached hydrogens (tertiary/aromatic N) is 2. The fourth-order valence-electron chi connectivity index (χ4n) is 2.17. The van der Waals surface area contributed by atoms with Crippen LogP contribution in [0.4, 0.5) is 11.5 Å². The van der Waals surface area contributed by atoms with Crippen molar-refractivity contribution in [1.82, 2.24) is 9.88 Å². The summed E-state index contributed by atoms with van der Waals surface area (Å²) >= 11 is 0. The molecule has 136 valence electrons. The van der Waals surface area contributed by atoms with E-state index in [-0.39, 0.29) is 4.90 Å². The van der Waals surface area contributed by atoms with Crippen LogP contribution in [-0.2, 0) is 10.0 Å². The SMILES string of the molecule is COc1ccc(C)cc1S(=O)(=O)Nc1ccc(NCCN(C)C)nc1. The van der Waals surface area contributed by atoms with Crippen molar-refractivity contribution in [2.24, 2.45) is 0 Å². The number of anilines is 2. The molecule has 2 rings (SSSR count). The highest BCUT2D eigenvalue weighted by molar-refractivity contribution is 7.92. The van der Waals surface area contributed by atoms with Gasteiger partial charge in [0.15, 0.2) is 0 Å². The lowest BCUT2D eigenvalue weighted by molar-refractivity contribution is 0.402. The molecule has 0 radical (unpaired) electrons. The quantitative estimate of drug-likeness (QED) is 0.747. The number of aryl methyl sites for hydroxylation is 1. The van der Waals surface area contributed by atoms with Crippen molar-refractivity contribution in [3.63, 3.8) is 0 Å². The monoisotopic (exact) mass is 364 g/mol. The summed E-state index contributed by atoms with van der Waals surface area (Å²) in [7, 11) is 1.67. The number of sulfonamides is 1. The highest BCUT2D eigenvalue weighted by Crippen LogP contribution is 2.26. The molecule has 0 unspecified atom stereocenters. The highest BCUT2D eigenvalue weighted by atomic mass is 32.2. The van der Waals surface area contributed by atoms with E-state index < -0.39 is 10.0 Å². The Morgan fingerprint density at radius 1 is 1.20 bits per heavy atom. The first-order chi connectivity index (χ1) is 11.8. The van der Waals surface area contributed by atoms with E-state index in [1.807, 2.05) is 21.0 Å². The Bertz CT molecular complexity index is 805. The summed E-state index contributed by atoms with van der Waals surface area (Å²) in [6.45, 7) is 3.46. The first-order valence-corrected chi connectivity index (χ1v) is 9.32. The molecular formula is C17H24N4O3S. The van der Waals surface area contributed by atoms with E-state index in [9.17, 15) is 8.42 Å². The summed E-state index contributed by atoms with van der Waals surface area (Å²) < 4.78 is 32.9. The lowest BCUT2D eigenvalue weighted by Gasteiger charge is -2.13. The lowest BCUT2D eigenvalue weighted by Crippen LogP contribution is -2.21. The first kappa shape index (κ1) is 19.0. The van der Waals surface area contributed by atoms with E-state index in [0.29, 0.717) is 17.3 Å². The van der Waals surface area contributed by atoms with Crippen molar-refractivity contribution < 1.29 is 13.2 Å². The molecule has 7 nitrogen and oxygen atoms in total. The molecule has 8 heteroatoms. The molecule has 0 amide bonds. The summed E-state index contributed by atoms with van der Waals surface area (Å²) in [6.07, 6.45) is 1.48. The largest absolute Gasteiger partial charge is 0.495 e. The van der Waals surface area contributed by atoms with Crippen LogP contribution in [-0.4, -0.2) is 52.6 Å². The molecule has 0 aliphatic heterocycles. The van der Waals surface area contributed by atoms with Crippen molar-refractivity contribution >= 4 is 21.5 Å². The van der Waals surface area contributed by atoms with Gasteiger partial charge in [0.25, 0.3) is 10.0 Å². The molecule has 2 aromatic rings. The number of likely N-dealkylation sites (N-methyl/N-ethyl adjacent to an activating group) is 1. The van der Waals surface area contributed by atoms with Crippen LogP contribution in [0.15, 0.2) is 41.4 Å². The van der Waals surface area contributed by atoms with Gasteiger partial charge in [0.2, 0.25) is 0 Å². The number of methoxy groups -OCH3 is 1. The molecule has 0 spiro atoms. The number of ether oxygens (including phenoxy) is 1. The molecule has 0 bridgehead atoms. The molecule has 0 aliphatic rings. The van der Waals surface area contributed by atoms with Gasteiger partial charge in [-0.15, -0.1) is 0 Å². The second kappa shape index (κ2) is 8.17. The van der Waals surface area contributed by atoms with Crippen molar-refractivity contribution in [2.45, 2.75) is 11.8 Å². The minimum Gasteiger partial charge on any atom is -0.495 e. The van der Waals surface area contributed by atoms with E-state index in [2.05, 4.69) is 19.9 Å². The molecule has 0 fully saturated rings. The second-order valence-corrected chi connectivity index (χ2v) is 7.57. The van der Waals surface area contributed by atoms with Gasteiger partial charge in [0.1, 0.15) is 16.5 Å². The Labute approximate surface area is 149 Å². The molecule has 2 N–H and O–H groups in total. The average Bonchev–Trinajstić information content (AvgIpc) is 2.56. The van der Waals surface area contributed by atoms with Gasteiger partial charge in [-0.1, -0.05) is 6.07 Å². The zero-order valence-electron chi connectivity index (χ0n) is 14.9. The number of hydrogen-bond donors (Lipinski definition) is 2. The van der Waals surface area contributed by atoms with Gasteiger partial charge in [0, 0.05) is 13.1 Å². The summed E-state index contributed by atoms with van der Waals surface area (Å²) in [5.41, 5.74) is 1.22. The van der Waals surface area contributed by atoms with Crippen LogP contribution in [0, 0.1) is 6.92 Å². The van der Waals surface area contributed by atoms with E-state index >= 15 is 0 Å². The summed E-state index contributed by atoms with van der Waals surface area (Å²) in [5.74, 6) is 0.992. The number of benzene rings is 1. The topological polar surface area (TPSA) is 83.6 Å². The van der Waals surface area contributed by atoms with Gasteiger partial charge in [-0.3, -0.25) is 4.72 Å². The normalized spacial score (nSPS) is 11.4. The molecule has 1 aromatic carbocycles. The first-order valence-electron chi connectivity index (χ1n) is 7.84. The molecule has 0 saturated carbocycles. The van der Waals surface area contributed by atoms with Crippen molar-refractivity contribution in [3.8, 4) is 5.75 Å². The van der Waals surface area contributed by atoms with Crippen LogP contribution >= 0.6 is 0 Å². The lowest BCUT2D eigenvalue weighted by atomic mass is 10.2. The summed E-state index contributed by atoms with van der Waals surface area (Å²) in [4.78, 5) is 6.39. The van der Waals surface area contributed by atoms with Crippen molar-refractivity contribution in [2.75, 3.05) is 44.3 Å². The van der Waals surface area contributed by atoms with Crippen LogP contribution in [0.1, 0.15) is 5.56 Å². The third-order valence-corrected chi connectivity index (χ3v) is 4.89. The van der Waals surface area contributed by atoms with Gasteiger partial charge in [-0.25, -0.2) is 13.4 Å². The standard InChI is InChI=1S/C17H24N4O3S/c1-13-5-7-15(24-4)16(11-13)25(22,23)20-14-6-8-17(19-12-14)18-9-10-21(2)3/h5-8,11-12,20H,9-10H2,1-4H3,(H,18,19). The number of pyridine rings is 1. The van der Waals surface area contributed by atoms with Gasteiger partial charge < -0.3 is 15.0 Å². The summed E-state index contributed by atoms with van der Waals surface area (Å²) in [5, 5.41) is 3.17. The van der Waals surface area contributed by atoms with Gasteiger partial charge in [0.05, 0.1) is 19.0 Å². The minimum atomic E-state index is -3.76. The number of aromatic nitrogens is 1. The number of rotatable bonds is 8. The zero-order valence-corrected chi connectivity index (χ0v) is 15.7. The molecule has 0 atom stereocenters. The van der Waals surface area contributed by atoms with E-state index in [1.54, 1.807) is 30.3 Å². The maximum Gasteiger partial charge on any atom is 0.265 e. The van der Waals surface area contributed by atoms with Crippen molar-refractivity contribution in [1.29, 1.82) is 0 Å². The predicted octanol–water partition coefficient (Wildman–Crippen LogP) is 2.17. The van der Waals surface area contributed by atoms with Crippen molar-refractivity contribution in [3.05, 3.63) is 42.1 Å².